The number of carbonyl (C=O) groups is 3. The molecular weight excluding hydrogens is 560 g/mol. The number of benzene rings is 2. The second-order valence-electron chi connectivity index (χ2n) is 10.8. The lowest BCUT2D eigenvalue weighted by atomic mass is 9.96. The van der Waals surface area contributed by atoms with Gasteiger partial charge in [0.1, 0.15) is 34.6 Å². The van der Waals surface area contributed by atoms with Crippen molar-refractivity contribution in [1.29, 1.82) is 0 Å². The molecule has 1 fully saturated rings. The number of halogens is 4. The fourth-order valence-electron chi connectivity index (χ4n) is 4.49. The summed E-state index contributed by atoms with van der Waals surface area (Å²) in [5.41, 5.74) is -3.11. The number of hydrogen-bond acceptors (Lipinski definition) is 6. The highest BCUT2D eigenvalue weighted by Gasteiger charge is 2.35. The number of rotatable bonds is 6. The van der Waals surface area contributed by atoms with Crippen LogP contribution in [0.25, 0.3) is 5.69 Å². The van der Waals surface area contributed by atoms with Crippen molar-refractivity contribution in [2.75, 3.05) is 13.1 Å². The van der Waals surface area contributed by atoms with Gasteiger partial charge in [0.2, 0.25) is 5.78 Å². The van der Waals surface area contributed by atoms with Gasteiger partial charge in [0, 0.05) is 42.5 Å². The highest BCUT2D eigenvalue weighted by molar-refractivity contribution is 6.01. The molecule has 1 unspecified atom stereocenters. The Kier molecular flexibility index (Phi) is 8.83. The first-order chi connectivity index (χ1) is 19.7. The van der Waals surface area contributed by atoms with Gasteiger partial charge >= 0.3 is 12.1 Å². The van der Waals surface area contributed by atoms with Crippen LogP contribution in [0.2, 0.25) is 0 Å². The molecule has 1 saturated heterocycles. The number of likely N-dealkylation sites (tertiary alicyclic amines) is 1. The highest BCUT2D eigenvalue weighted by atomic mass is 19.1. The van der Waals surface area contributed by atoms with Crippen LogP contribution in [0.3, 0.4) is 0 Å². The van der Waals surface area contributed by atoms with Crippen molar-refractivity contribution < 1.29 is 41.4 Å². The number of pyridine rings is 1. The minimum Gasteiger partial charge on any atom is -0.449 e. The van der Waals surface area contributed by atoms with Crippen LogP contribution in [0.15, 0.2) is 59.5 Å². The van der Waals surface area contributed by atoms with E-state index >= 15 is 0 Å². The summed E-state index contributed by atoms with van der Waals surface area (Å²) >= 11 is 0. The summed E-state index contributed by atoms with van der Waals surface area (Å²) in [7, 11) is 0. The fraction of sp³-hybridized carbons (Fsp3) is 0.333. The van der Waals surface area contributed by atoms with Gasteiger partial charge in [0.05, 0.1) is 5.92 Å². The third-order valence-electron chi connectivity index (χ3n) is 6.57. The number of amides is 1. The number of piperidine rings is 1. The van der Waals surface area contributed by atoms with E-state index in [-0.39, 0.29) is 31.5 Å². The van der Waals surface area contributed by atoms with Crippen LogP contribution in [0, 0.1) is 29.2 Å². The highest BCUT2D eigenvalue weighted by Crippen LogP contribution is 2.29. The number of para-hydroxylation sites is 1. The van der Waals surface area contributed by atoms with E-state index in [9.17, 15) is 36.7 Å². The molecule has 0 aliphatic carbocycles. The zero-order valence-corrected chi connectivity index (χ0v) is 23.0. The number of ketones is 1. The third-order valence-corrected chi connectivity index (χ3v) is 6.57. The molecule has 1 aromatic heterocycles. The lowest BCUT2D eigenvalue weighted by Crippen LogP contribution is -2.43. The molecule has 0 N–H and O–H groups in total. The second-order valence-corrected chi connectivity index (χ2v) is 10.8. The van der Waals surface area contributed by atoms with E-state index in [1.165, 1.54) is 4.90 Å². The number of aromatic nitrogens is 1. The van der Waals surface area contributed by atoms with Gasteiger partial charge in [-0.2, -0.15) is 0 Å². The van der Waals surface area contributed by atoms with Crippen molar-refractivity contribution in [3.63, 3.8) is 0 Å². The third kappa shape index (κ3) is 6.87. The molecule has 1 aliphatic rings. The average Bonchev–Trinajstić information content (AvgIpc) is 2.91. The second kappa shape index (κ2) is 12.2. The van der Waals surface area contributed by atoms with E-state index in [4.69, 9.17) is 9.47 Å². The summed E-state index contributed by atoms with van der Waals surface area (Å²) in [5.74, 6) is -6.91. The van der Waals surface area contributed by atoms with E-state index in [1.807, 2.05) is 0 Å². The number of esters is 1. The van der Waals surface area contributed by atoms with Gasteiger partial charge in [0.25, 0.3) is 5.56 Å². The van der Waals surface area contributed by atoms with Gasteiger partial charge < -0.3 is 14.4 Å². The summed E-state index contributed by atoms with van der Waals surface area (Å²) in [4.78, 5) is 53.1. The number of nitrogens with zero attached hydrogens (tertiary/aromatic N) is 2. The molecule has 12 heteroatoms. The summed E-state index contributed by atoms with van der Waals surface area (Å²) in [6.45, 7) is 5.49. The first-order valence-electron chi connectivity index (χ1n) is 13.1. The minimum absolute atomic E-state index is 0.164. The van der Waals surface area contributed by atoms with Crippen LogP contribution in [0.1, 0.15) is 55.6 Å². The summed E-state index contributed by atoms with van der Waals surface area (Å²) in [6.07, 6.45) is -1.27. The Bertz CT molecular complexity index is 1550. The van der Waals surface area contributed by atoms with Crippen LogP contribution in [-0.2, 0) is 14.3 Å². The van der Waals surface area contributed by atoms with Crippen molar-refractivity contribution >= 4 is 17.8 Å². The van der Waals surface area contributed by atoms with Crippen molar-refractivity contribution in [3.05, 3.63) is 99.5 Å². The zero-order chi connectivity index (χ0) is 30.8. The Morgan fingerprint density at radius 3 is 2.14 bits per heavy atom. The van der Waals surface area contributed by atoms with Gasteiger partial charge in [0.15, 0.2) is 6.10 Å². The van der Waals surface area contributed by atoms with Crippen LogP contribution >= 0.6 is 0 Å². The molecule has 0 spiro atoms. The zero-order valence-electron chi connectivity index (χ0n) is 23.0. The maximum Gasteiger partial charge on any atom is 0.410 e. The first kappa shape index (κ1) is 30.5. The Balaban J connectivity index is 1.61. The van der Waals surface area contributed by atoms with Crippen LogP contribution in [-0.4, -0.2) is 46.0 Å². The number of ether oxygens (including phenoxy) is 2. The van der Waals surface area contributed by atoms with E-state index in [2.05, 4.69) is 0 Å². The molecule has 4 rings (SSSR count). The van der Waals surface area contributed by atoms with Crippen LogP contribution in [0.4, 0.5) is 22.4 Å². The summed E-state index contributed by atoms with van der Waals surface area (Å²) < 4.78 is 68.8. The maximum atomic E-state index is 14.9. The predicted molar refractivity (Wildman–Crippen MR) is 142 cm³/mol. The molecule has 222 valence electrons. The van der Waals surface area contributed by atoms with Gasteiger partial charge in [-0.05, 0) is 63.9 Å². The fourth-order valence-corrected chi connectivity index (χ4v) is 4.49. The van der Waals surface area contributed by atoms with E-state index < -0.39 is 75.5 Å². The number of Topliss-reactive ketones (excluding diaryl/α,β-unsaturated/α-hetero) is 1. The monoisotopic (exact) mass is 588 g/mol. The molecular formula is C30H28F4N2O6. The smallest absolute Gasteiger partial charge is 0.410 e. The van der Waals surface area contributed by atoms with Gasteiger partial charge in [-0.15, -0.1) is 0 Å². The van der Waals surface area contributed by atoms with Crippen molar-refractivity contribution in [2.24, 2.45) is 5.92 Å². The maximum absolute atomic E-state index is 14.9. The first-order valence-corrected chi connectivity index (χ1v) is 13.1. The molecule has 1 aliphatic heterocycles. The predicted octanol–water partition coefficient (Wildman–Crippen LogP) is 5.51. The van der Waals surface area contributed by atoms with Gasteiger partial charge in [-0.1, -0.05) is 6.07 Å². The summed E-state index contributed by atoms with van der Waals surface area (Å²) in [5, 5.41) is 0. The van der Waals surface area contributed by atoms with Gasteiger partial charge in [-0.3, -0.25) is 19.0 Å². The van der Waals surface area contributed by atoms with Crippen molar-refractivity contribution in [1.82, 2.24) is 9.47 Å². The lowest BCUT2D eigenvalue weighted by molar-refractivity contribution is -0.154. The SMILES string of the molecule is CC(C)(C)OC(=O)N1CCC(C(=O)OC(C(=O)c2ccc(=O)n(-c3c(F)cccc3F)c2)c2ccc(F)cc2F)CC1. The molecule has 42 heavy (non-hydrogen) atoms. The van der Waals surface area contributed by atoms with Crippen LogP contribution in [0.5, 0.6) is 0 Å². The molecule has 0 saturated carbocycles. The standard InChI is InChI=1S/C30H28F4N2O6/c1-30(2,3)42-29(40)35-13-11-17(12-14-35)28(39)41-27(20-9-8-19(31)15-23(20)34)26(38)18-7-10-24(37)36(16-18)25-21(32)5-4-6-22(25)33/h4-10,15-17,27H,11-14H2,1-3H3. The van der Waals surface area contributed by atoms with E-state index in [1.54, 1.807) is 20.8 Å². The van der Waals surface area contributed by atoms with E-state index in [0.717, 1.165) is 48.7 Å². The largest absolute Gasteiger partial charge is 0.449 e. The molecule has 1 atom stereocenters. The normalized spacial score (nSPS) is 14.8. The molecule has 2 heterocycles. The average molecular weight is 589 g/mol. The molecule has 1 amide bonds. The number of hydrogen-bond donors (Lipinski definition) is 0. The number of carbonyl (C=O) groups excluding carboxylic acids is 3. The quantitative estimate of drug-likeness (QED) is 0.214. The molecule has 0 radical (unpaired) electrons. The Hall–Kier alpha value is -4.48. The van der Waals surface area contributed by atoms with Crippen molar-refractivity contribution in [3.8, 4) is 5.69 Å². The molecule has 3 aromatic rings. The lowest BCUT2D eigenvalue weighted by Gasteiger charge is -2.33. The molecule has 2 aromatic carbocycles. The van der Waals surface area contributed by atoms with E-state index in [0.29, 0.717) is 10.6 Å². The summed E-state index contributed by atoms with van der Waals surface area (Å²) in [6, 6.07) is 7.20. The molecule has 0 bridgehead atoms. The van der Waals surface area contributed by atoms with Crippen LogP contribution < -0.4 is 5.56 Å². The molecule has 8 nitrogen and oxygen atoms in total. The minimum atomic E-state index is -1.92. The van der Waals surface area contributed by atoms with Crippen molar-refractivity contribution in [2.45, 2.75) is 45.3 Å². The Labute approximate surface area is 238 Å². The van der Waals surface area contributed by atoms with Gasteiger partial charge in [-0.25, -0.2) is 22.4 Å². The Morgan fingerprint density at radius 2 is 1.55 bits per heavy atom. The topological polar surface area (TPSA) is 94.9 Å². The Morgan fingerprint density at radius 1 is 0.905 bits per heavy atom.